The topological polar surface area (TPSA) is 152 Å². The Bertz CT molecular complexity index is 1160. The highest BCUT2D eigenvalue weighted by molar-refractivity contribution is 5.70. The van der Waals surface area contributed by atoms with Gasteiger partial charge in [0.1, 0.15) is 31.0 Å². The maximum atomic E-state index is 12.7. The maximum absolute atomic E-state index is 12.7. The molecule has 0 aromatic heterocycles. The lowest BCUT2D eigenvalue weighted by Crippen LogP contribution is -2.59. The van der Waals surface area contributed by atoms with Crippen LogP contribution in [-0.2, 0) is 28.5 Å². The molecule has 0 aromatic rings. The van der Waals surface area contributed by atoms with Crippen molar-refractivity contribution in [2.75, 3.05) is 19.8 Å². The van der Waals surface area contributed by atoms with Gasteiger partial charge in [-0.1, -0.05) is 164 Å². The minimum atomic E-state index is -1.61. The van der Waals surface area contributed by atoms with Gasteiger partial charge in [-0.2, -0.15) is 0 Å². The average Bonchev–Trinajstić information content (AvgIpc) is 3.25. The standard InChI is InChI=1S/C50H86O10/c1-3-5-7-9-11-13-15-17-18-19-20-21-22-23-24-25-27-28-30-32-34-36-38-45(52)57-41-43(42-58-50-49(56)48(55)47(54)44(40-51)60-50)59-46(53)39-37-35-33-31-29-26-16-14-12-10-8-6-4-2/h11,13,17-18,20-21,26,29,33,35,43-44,47-51,54-56H,3-10,12,14-16,19,22-25,27-28,30-32,34,36-42H2,1-2H3/b13-11+,18-17+,21-20+,29-26+,35-33+/t43?,44-,47+,48?,49?,50-/m0/s1. The Balaban J connectivity index is 2.30. The smallest absolute Gasteiger partial charge is 0.306 e. The third-order valence-electron chi connectivity index (χ3n) is 10.6. The predicted molar refractivity (Wildman–Crippen MR) is 242 cm³/mol. The normalized spacial score (nSPS) is 20.4. The molecular formula is C50H86O10. The molecule has 0 radical (unpaired) electrons. The van der Waals surface area contributed by atoms with Crippen molar-refractivity contribution < 1.29 is 49.0 Å². The number of aliphatic hydroxyl groups is 4. The molecule has 1 fully saturated rings. The molecule has 1 rings (SSSR count). The van der Waals surface area contributed by atoms with Gasteiger partial charge in [-0.3, -0.25) is 9.59 Å². The van der Waals surface area contributed by atoms with Crippen LogP contribution in [0.25, 0.3) is 0 Å². The van der Waals surface area contributed by atoms with Crippen molar-refractivity contribution in [3.63, 3.8) is 0 Å². The Kier molecular flexibility index (Phi) is 37.4. The molecule has 10 heteroatoms. The Morgan fingerprint density at radius 2 is 0.967 bits per heavy atom. The fourth-order valence-electron chi connectivity index (χ4n) is 6.84. The summed E-state index contributed by atoms with van der Waals surface area (Å²) in [6.45, 7) is 3.32. The van der Waals surface area contributed by atoms with Crippen LogP contribution in [0.3, 0.4) is 0 Å². The number of carbonyl (C=O) groups excluding carboxylic acids is 2. The molecule has 10 nitrogen and oxygen atoms in total. The van der Waals surface area contributed by atoms with Crippen molar-refractivity contribution in [3.05, 3.63) is 60.8 Å². The van der Waals surface area contributed by atoms with Crippen molar-refractivity contribution in [3.8, 4) is 0 Å². The Hall–Kier alpha value is -2.60. The van der Waals surface area contributed by atoms with E-state index in [2.05, 4.69) is 62.5 Å². The molecule has 1 aliphatic rings. The van der Waals surface area contributed by atoms with Crippen LogP contribution in [0.5, 0.6) is 0 Å². The summed E-state index contributed by atoms with van der Waals surface area (Å²) < 4.78 is 22.1. The average molecular weight is 847 g/mol. The summed E-state index contributed by atoms with van der Waals surface area (Å²) in [5, 5.41) is 40.1. The number of carbonyl (C=O) groups is 2. The summed E-state index contributed by atoms with van der Waals surface area (Å²) in [5.74, 6) is -0.893. The predicted octanol–water partition coefficient (Wildman–Crippen LogP) is 10.6. The monoisotopic (exact) mass is 847 g/mol. The first-order valence-electron chi connectivity index (χ1n) is 23.9. The molecule has 1 heterocycles. The second-order valence-electron chi connectivity index (χ2n) is 16.2. The van der Waals surface area contributed by atoms with Crippen LogP contribution in [-0.4, -0.2) is 89.0 Å². The number of hydrogen-bond acceptors (Lipinski definition) is 10. The van der Waals surface area contributed by atoms with Crippen LogP contribution >= 0.6 is 0 Å². The second-order valence-corrected chi connectivity index (χ2v) is 16.2. The lowest BCUT2D eigenvalue weighted by molar-refractivity contribution is -0.305. The molecule has 1 saturated heterocycles. The largest absolute Gasteiger partial charge is 0.462 e. The first kappa shape index (κ1) is 55.4. The van der Waals surface area contributed by atoms with Gasteiger partial charge >= 0.3 is 11.9 Å². The van der Waals surface area contributed by atoms with Crippen molar-refractivity contribution in [2.45, 2.75) is 224 Å². The minimum absolute atomic E-state index is 0.121. The van der Waals surface area contributed by atoms with Crippen molar-refractivity contribution in [1.29, 1.82) is 0 Å². The molecule has 0 aliphatic carbocycles. The van der Waals surface area contributed by atoms with Gasteiger partial charge in [0.05, 0.1) is 13.2 Å². The van der Waals surface area contributed by atoms with E-state index in [1.165, 1.54) is 96.3 Å². The fraction of sp³-hybridized carbons (Fsp3) is 0.760. The summed E-state index contributed by atoms with van der Waals surface area (Å²) in [4.78, 5) is 25.3. The third kappa shape index (κ3) is 31.3. The van der Waals surface area contributed by atoms with E-state index in [0.717, 1.165) is 51.4 Å². The number of allylic oxidation sites excluding steroid dienone is 10. The molecule has 0 saturated carbocycles. The molecule has 0 amide bonds. The van der Waals surface area contributed by atoms with E-state index in [-0.39, 0.29) is 26.1 Å². The fourth-order valence-corrected chi connectivity index (χ4v) is 6.84. The molecule has 0 bridgehead atoms. The van der Waals surface area contributed by atoms with Crippen LogP contribution in [0.1, 0.15) is 187 Å². The van der Waals surface area contributed by atoms with Gasteiger partial charge in [0.2, 0.25) is 0 Å². The zero-order chi connectivity index (χ0) is 43.7. The number of rotatable bonds is 39. The zero-order valence-corrected chi connectivity index (χ0v) is 37.7. The second kappa shape index (κ2) is 40.5. The van der Waals surface area contributed by atoms with Crippen molar-refractivity contribution in [2.24, 2.45) is 0 Å². The summed E-state index contributed by atoms with van der Waals surface area (Å²) in [6, 6.07) is 0. The van der Waals surface area contributed by atoms with Crippen LogP contribution in [0, 0.1) is 0 Å². The third-order valence-corrected chi connectivity index (χ3v) is 10.6. The molecule has 0 spiro atoms. The van der Waals surface area contributed by atoms with Gasteiger partial charge in [0.15, 0.2) is 12.4 Å². The van der Waals surface area contributed by atoms with Crippen molar-refractivity contribution in [1.82, 2.24) is 0 Å². The van der Waals surface area contributed by atoms with Crippen LogP contribution in [0.2, 0.25) is 0 Å². The minimum Gasteiger partial charge on any atom is -0.462 e. The number of ether oxygens (including phenoxy) is 4. The highest BCUT2D eigenvalue weighted by Gasteiger charge is 2.44. The quantitative estimate of drug-likeness (QED) is 0.0267. The molecule has 1 aliphatic heterocycles. The summed E-state index contributed by atoms with van der Waals surface area (Å²) in [5.41, 5.74) is 0. The van der Waals surface area contributed by atoms with E-state index in [1.807, 2.05) is 12.2 Å². The van der Waals surface area contributed by atoms with Gasteiger partial charge in [-0.15, -0.1) is 0 Å². The molecular weight excluding hydrogens is 761 g/mol. The highest BCUT2D eigenvalue weighted by Crippen LogP contribution is 2.22. The van der Waals surface area contributed by atoms with Gasteiger partial charge in [0, 0.05) is 12.8 Å². The van der Waals surface area contributed by atoms with Gasteiger partial charge in [0.25, 0.3) is 0 Å². The lowest BCUT2D eigenvalue weighted by Gasteiger charge is -2.39. The summed E-state index contributed by atoms with van der Waals surface area (Å²) in [6.07, 6.45) is 42.4. The molecule has 4 N–H and O–H groups in total. The number of unbranched alkanes of at least 4 members (excludes halogenated alkanes) is 18. The van der Waals surface area contributed by atoms with Gasteiger partial charge in [-0.05, 0) is 70.6 Å². The van der Waals surface area contributed by atoms with Crippen LogP contribution in [0.15, 0.2) is 60.8 Å². The van der Waals surface area contributed by atoms with Gasteiger partial charge in [-0.25, -0.2) is 0 Å². The maximum Gasteiger partial charge on any atom is 0.306 e. The van der Waals surface area contributed by atoms with E-state index >= 15 is 0 Å². The van der Waals surface area contributed by atoms with Crippen molar-refractivity contribution >= 4 is 11.9 Å². The van der Waals surface area contributed by atoms with E-state index < -0.39 is 55.4 Å². The van der Waals surface area contributed by atoms with E-state index in [9.17, 15) is 30.0 Å². The van der Waals surface area contributed by atoms with Gasteiger partial charge < -0.3 is 39.4 Å². The number of aliphatic hydroxyl groups excluding tert-OH is 4. The summed E-state index contributed by atoms with van der Waals surface area (Å²) >= 11 is 0. The Morgan fingerprint density at radius 1 is 0.517 bits per heavy atom. The number of hydrogen-bond donors (Lipinski definition) is 4. The van der Waals surface area contributed by atoms with Crippen LogP contribution < -0.4 is 0 Å². The molecule has 346 valence electrons. The molecule has 6 atom stereocenters. The Morgan fingerprint density at radius 3 is 1.50 bits per heavy atom. The molecule has 60 heavy (non-hydrogen) atoms. The summed E-state index contributed by atoms with van der Waals surface area (Å²) in [7, 11) is 0. The molecule has 0 aromatic carbocycles. The van der Waals surface area contributed by atoms with E-state index in [4.69, 9.17) is 18.9 Å². The lowest BCUT2D eigenvalue weighted by atomic mass is 9.99. The van der Waals surface area contributed by atoms with E-state index in [0.29, 0.717) is 12.8 Å². The van der Waals surface area contributed by atoms with Crippen LogP contribution in [0.4, 0.5) is 0 Å². The molecule has 3 unspecified atom stereocenters. The number of esters is 2. The first-order chi connectivity index (χ1) is 29.3. The highest BCUT2D eigenvalue weighted by atomic mass is 16.7. The first-order valence-corrected chi connectivity index (χ1v) is 23.9. The Labute approximate surface area is 364 Å². The SMILES string of the molecule is CCCCC/C=C/C/C=C/C/C=C/CCCCCCCCCCCC(=O)OCC(CO[C@H]1O[C@@H](CO)[C@@H](O)C(O)C1O)OC(=O)CC/C=C/C/C=C/CCCCCCCC. The zero-order valence-electron chi connectivity index (χ0n) is 37.7. The van der Waals surface area contributed by atoms with E-state index in [1.54, 1.807) is 0 Å².